The molecule has 7 rings (SSSR count). The van der Waals surface area contributed by atoms with Gasteiger partial charge >= 0.3 is 6.09 Å². The minimum atomic E-state index is -0.926. The summed E-state index contributed by atoms with van der Waals surface area (Å²) in [6.07, 6.45) is -0.439. The summed E-state index contributed by atoms with van der Waals surface area (Å²) in [5.74, 6) is 1.01. The molecule has 1 atom stereocenters. The highest BCUT2D eigenvalue weighted by Crippen LogP contribution is 2.38. The van der Waals surface area contributed by atoms with Crippen molar-refractivity contribution in [3.63, 3.8) is 0 Å². The van der Waals surface area contributed by atoms with Crippen LogP contribution in [0.25, 0.3) is 44.8 Å². The van der Waals surface area contributed by atoms with Crippen LogP contribution in [0.1, 0.15) is 65.2 Å². The summed E-state index contributed by atoms with van der Waals surface area (Å²) in [6, 6.07) is 28.8. The number of fused-ring (bicyclic) bond motifs is 1. The van der Waals surface area contributed by atoms with E-state index in [0.29, 0.717) is 46.8 Å². The number of nitrogens with zero attached hydrogens (tertiary/aromatic N) is 4. The molecule has 6 aromatic rings. The SMILES string of the molecule is Cc1noc(C)c1-c1ccccc1-c1ccccc1CN1CC(C)(CNC(=O)c2ccc(-c3nc4cc(C#N)cc(C(C)C)c4o3)cc2)OC1=O. The van der Waals surface area contributed by atoms with Crippen LogP contribution in [0.3, 0.4) is 0 Å². The van der Waals surface area contributed by atoms with Crippen LogP contribution in [-0.2, 0) is 11.3 Å². The Bertz CT molecular complexity index is 2310. The molecule has 0 aliphatic carbocycles. The van der Waals surface area contributed by atoms with Crippen molar-refractivity contribution in [2.75, 3.05) is 13.1 Å². The maximum atomic E-state index is 13.2. The molecule has 10 nitrogen and oxygen atoms in total. The molecule has 1 aliphatic heterocycles. The summed E-state index contributed by atoms with van der Waals surface area (Å²) in [5, 5.41) is 16.5. The minimum Gasteiger partial charge on any atom is -0.439 e. The number of aryl methyl sites for hydroxylation is 2. The van der Waals surface area contributed by atoms with Crippen LogP contribution in [0.15, 0.2) is 93.9 Å². The van der Waals surface area contributed by atoms with Gasteiger partial charge in [-0.15, -0.1) is 0 Å². The predicted molar refractivity (Wildman–Crippen MR) is 193 cm³/mol. The number of carbonyl (C=O) groups excluding carboxylic acids is 2. The van der Waals surface area contributed by atoms with E-state index in [1.807, 2.05) is 71.0 Å². The number of hydrogen-bond donors (Lipinski definition) is 1. The lowest BCUT2D eigenvalue weighted by Gasteiger charge is -2.23. The minimum absolute atomic E-state index is 0.136. The molecule has 256 valence electrons. The monoisotopic (exact) mass is 679 g/mol. The third-order valence-corrected chi connectivity index (χ3v) is 9.30. The van der Waals surface area contributed by atoms with Crippen molar-refractivity contribution >= 4 is 23.1 Å². The largest absolute Gasteiger partial charge is 0.439 e. The second-order valence-electron chi connectivity index (χ2n) is 13.5. The highest BCUT2D eigenvalue weighted by Gasteiger charge is 2.42. The second-order valence-corrected chi connectivity index (χ2v) is 13.5. The molecule has 2 amide bonds. The number of nitriles is 1. The molecule has 1 aliphatic rings. The molecule has 1 N–H and O–H groups in total. The van der Waals surface area contributed by atoms with E-state index >= 15 is 0 Å². The van der Waals surface area contributed by atoms with Gasteiger partial charge < -0.3 is 19.0 Å². The number of rotatable bonds is 9. The Morgan fingerprint density at radius 3 is 2.39 bits per heavy atom. The van der Waals surface area contributed by atoms with E-state index in [1.165, 1.54) is 0 Å². The topological polar surface area (TPSA) is 134 Å². The molecule has 0 bridgehead atoms. The highest BCUT2D eigenvalue weighted by molar-refractivity contribution is 5.95. The van der Waals surface area contributed by atoms with E-state index in [0.717, 1.165) is 44.8 Å². The van der Waals surface area contributed by atoms with Crippen LogP contribution in [0.4, 0.5) is 4.79 Å². The number of hydrogen-bond acceptors (Lipinski definition) is 8. The second kappa shape index (κ2) is 13.2. The van der Waals surface area contributed by atoms with Crippen LogP contribution in [0.2, 0.25) is 0 Å². The zero-order chi connectivity index (χ0) is 35.9. The first-order valence-electron chi connectivity index (χ1n) is 16.9. The molecule has 1 saturated heterocycles. The number of nitrogens with one attached hydrogen (secondary N) is 1. The molecular formula is C41H37N5O5. The first-order valence-corrected chi connectivity index (χ1v) is 16.9. The summed E-state index contributed by atoms with van der Waals surface area (Å²) in [5.41, 5.74) is 8.70. The average molecular weight is 680 g/mol. The van der Waals surface area contributed by atoms with E-state index in [-0.39, 0.29) is 18.4 Å². The van der Waals surface area contributed by atoms with E-state index in [4.69, 9.17) is 13.7 Å². The summed E-state index contributed by atoms with van der Waals surface area (Å²) >= 11 is 0. The van der Waals surface area contributed by atoms with Gasteiger partial charge in [0, 0.05) is 28.8 Å². The normalized spacial score (nSPS) is 15.7. The lowest BCUT2D eigenvalue weighted by molar-refractivity contribution is 0.0651. The number of benzene rings is 4. The van der Waals surface area contributed by atoms with E-state index in [9.17, 15) is 14.9 Å². The third kappa shape index (κ3) is 6.46. The smallest absolute Gasteiger partial charge is 0.410 e. The Labute approximate surface area is 295 Å². The van der Waals surface area contributed by atoms with Crippen molar-refractivity contribution in [1.29, 1.82) is 5.26 Å². The van der Waals surface area contributed by atoms with Gasteiger partial charge in [-0.25, -0.2) is 9.78 Å². The summed E-state index contributed by atoms with van der Waals surface area (Å²) in [7, 11) is 0. The number of ether oxygens (including phenoxy) is 1. The van der Waals surface area contributed by atoms with Crippen LogP contribution in [0.5, 0.6) is 0 Å². The van der Waals surface area contributed by atoms with Crippen molar-refractivity contribution in [3.8, 4) is 39.8 Å². The summed E-state index contributed by atoms with van der Waals surface area (Å²) < 4.78 is 17.4. The fourth-order valence-electron chi connectivity index (χ4n) is 6.73. The van der Waals surface area contributed by atoms with Gasteiger partial charge in [-0.1, -0.05) is 67.5 Å². The first-order chi connectivity index (χ1) is 24.5. The van der Waals surface area contributed by atoms with Gasteiger partial charge in [-0.3, -0.25) is 9.69 Å². The number of oxazole rings is 1. The maximum Gasteiger partial charge on any atom is 0.410 e. The zero-order valence-electron chi connectivity index (χ0n) is 29.1. The van der Waals surface area contributed by atoms with Crippen LogP contribution >= 0.6 is 0 Å². The van der Waals surface area contributed by atoms with Crippen molar-refractivity contribution in [2.24, 2.45) is 0 Å². The van der Waals surface area contributed by atoms with Crippen molar-refractivity contribution in [2.45, 2.75) is 52.7 Å². The fourth-order valence-corrected chi connectivity index (χ4v) is 6.73. The number of cyclic esters (lactones) is 1. The maximum absolute atomic E-state index is 13.2. The van der Waals surface area contributed by atoms with Gasteiger partial charge in [0.1, 0.15) is 16.9 Å². The number of amides is 2. The first kappa shape index (κ1) is 33.3. The Balaban J connectivity index is 1.03. The molecule has 1 fully saturated rings. The van der Waals surface area contributed by atoms with E-state index in [2.05, 4.69) is 39.7 Å². The Morgan fingerprint density at radius 2 is 1.71 bits per heavy atom. The van der Waals surface area contributed by atoms with Gasteiger partial charge in [0.2, 0.25) is 5.89 Å². The van der Waals surface area contributed by atoms with Crippen LogP contribution in [-0.4, -0.2) is 45.7 Å². The third-order valence-electron chi connectivity index (χ3n) is 9.30. The average Bonchev–Trinajstić information content (AvgIpc) is 3.80. The molecule has 51 heavy (non-hydrogen) atoms. The number of aromatic nitrogens is 2. The van der Waals surface area contributed by atoms with Gasteiger partial charge in [0.05, 0.1) is 30.4 Å². The van der Waals surface area contributed by atoms with Crippen LogP contribution in [0, 0.1) is 25.2 Å². The molecule has 2 aromatic heterocycles. The van der Waals surface area contributed by atoms with Gasteiger partial charge in [0.25, 0.3) is 5.91 Å². The highest BCUT2D eigenvalue weighted by atomic mass is 16.6. The summed E-state index contributed by atoms with van der Waals surface area (Å²) in [6.45, 7) is 10.5. The molecule has 4 aromatic carbocycles. The van der Waals surface area contributed by atoms with Crippen molar-refractivity contribution < 1.29 is 23.3 Å². The standard InChI is InChI=1S/C41H37N5O5/c1-24(2)34-18-27(20-42)19-35-37(34)49-39(44-35)29-16-14-28(15-17-29)38(47)43-22-41(5)23-46(40(48)50-41)21-30-10-6-7-11-31(30)32-12-8-9-13-33(32)36-25(3)45-51-26(36)4/h6-19,24H,21-23H2,1-5H3,(H,43,47). The lowest BCUT2D eigenvalue weighted by atomic mass is 9.91. The predicted octanol–water partition coefficient (Wildman–Crippen LogP) is 8.57. The van der Waals surface area contributed by atoms with Gasteiger partial charge in [-0.2, -0.15) is 5.26 Å². The zero-order valence-corrected chi connectivity index (χ0v) is 29.1. The quantitative estimate of drug-likeness (QED) is 0.161. The van der Waals surface area contributed by atoms with Gasteiger partial charge in [0.15, 0.2) is 5.58 Å². The molecule has 10 heteroatoms. The fraction of sp³-hybridized carbons (Fsp3) is 0.244. The Kier molecular flexibility index (Phi) is 8.65. The molecule has 3 heterocycles. The Hall–Kier alpha value is -6.21. The Morgan fingerprint density at radius 1 is 1.00 bits per heavy atom. The molecular weight excluding hydrogens is 642 g/mol. The van der Waals surface area contributed by atoms with Crippen molar-refractivity contribution in [3.05, 3.63) is 119 Å². The van der Waals surface area contributed by atoms with E-state index < -0.39 is 11.7 Å². The van der Waals surface area contributed by atoms with Crippen molar-refractivity contribution in [1.82, 2.24) is 20.4 Å². The van der Waals surface area contributed by atoms with Crippen LogP contribution < -0.4 is 5.32 Å². The van der Waals surface area contributed by atoms with Gasteiger partial charge in [-0.05, 0) is 85.3 Å². The number of carbonyl (C=O) groups is 2. The molecule has 1 unspecified atom stereocenters. The lowest BCUT2D eigenvalue weighted by Crippen LogP contribution is -2.43. The molecule has 0 saturated carbocycles. The molecule has 0 spiro atoms. The van der Waals surface area contributed by atoms with E-state index in [1.54, 1.807) is 35.2 Å². The molecule has 0 radical (unpaired) electrons. The summed E-state index contributed by atoms with van der Waals surface area (Å²) in [4.78, 5) is 32.7.